The Labute approximate surface area is 113 Å². The summed E-state index contributed by atoms with van der Waals surface area (Å²) in [4.78, 5) is 2.87. The van der Waals surface area contributed by atoms with Crippen molar-refractivity contribution >= 4 is 0 Å². The highest BCUT2D eigenvalue weighted by Gasteiger charge is 2.49. The molecule has 1 heterocycles. The van der Waals surface area contributed by atoms with Crippen LogP contribution in [-0.2, 0) is 0 Å². The first-order valence-corrected chi connectivity index (χ1v) is 7.95. The van der Waals surface area contributed by atoms with E-state index >= 15 is 0 Å². The third-order valence-corrected chi connectivity index (χ3v) is 6.13. The van der Waals surface area contributed by atoms with Gasteiger partial charge in [0.25, 0.3) is 0 Å². The fourth-order valence-electron chi connectivity index (χ4n) is 4.57. The van der Waals surface area contributed by atoms with E-state index in [2.05, 4.69) is 37.9 Å². The molecule has 2 bridgehead atoms. The van der Waals surface area contributed by atoms with Crippen molar-refractivity contribution in [3.63, 3.8) is 0 Å². The van der Waals surface area contributed by atoms with E-state index in [1.54, 1.807) is 0 Å². The van der Waals surface area contributed by atoms with Crippen molar-refractivity contribution < 1.29 is 0 Å². The maximum Gasteiger partial charge on any atom is 0.0281 e. The summed E-state index contributed by atoms with van der Waals surface area (Å²) in [5, 5.41) is 3.79. The molecule has 2 saturated carbocycles. The van der Waals surface area contributed by atoms with Crippen LogP contribution in [-0.4, -0.2) is 35.1 Å². The number of hydrogen-bond acceptors (Lipinski definition) is 2. The summed E-state index contributed by atoms with van der Waals surface area (Å²) in [6.45, 7) is 12.0. The van der Waals surface area contributed by atoms with E-state index in [-0.39, 0.29) is 0 Å². The van der Waals surface area contributed by atoms with Crippen LogP contribution < -0.4 is 5.32 Å². The van der Waals surface area contributed by atoms with Gasteiger partial charge >= 0.3 is 0 Å². The highest BCUT2D eigenvalue weighted by atomic mass is 15.3. The molecular formula is C16H30N2. The van der Waals surface area contributed by atoms with Crippen LogP contribution in [0.2, 0.25) is 0 Å². The molecule has 18 heavy (non-hydrogen) atoms. The SMILES string of the molecule is CCC1(C)CN(C2CC3CCC2C3)C(C)(C)CN1. The molecule has 2 nitrogen and oxygen atoms in total. The van der Waals surface area contributed by atoms with Crippen LogP contribution in [0.25, 0.3) is 0 Å². The van der Waals surface area contributed by atoms with Crippen LogP contribution in [0.15, 0.2) is 0 Å². The first-order chi connectivity index (χ1) is 8.43. The van der Waals surface area contributed by atoms with E-state index < -0.39 is 0 Å². The lowest BCUT2D eigenvalue weighted by Gasteiger charge is -2.54. The van der Waals surface area contributed by atoms with Gasteiger partial charge in [-0.2, -0.15) is 0 Å². The maximum absolute atomic E-state index is 3.79. The molecule has 0 aromatic rings. The quantitative estimate of drug-likeness (QED) is 0.810. The molecule has 4 atom stereocenters. The predicted octanol–water partition coefficient (Wildman–Crippen LogP) is 3.03. The van der Waals surface area contributed by atoms with Crippen molar-refractivity contribution in [3.8, 4) is 0 Å². The maximum atomic E-state index is 3.79. The van der Waals surface area contributed by atoms with Crippen molar-refractivity contribution in [1.29, 1.82) is 0 Å². The summed E-state index contributed by atoms with van der Waals surface area (Å²) in [5.74, 6) is 2.06. The average Bonchev–Trinajstić information content (AvgIpc) is 2.95. The van der Waals surface area contributed by atoms with Crippen LogP contribution >= 0.6 is 0 Å². The van der Waals surface area contributed by atoms with Crippen molar-refractivity contribution in [2.75, 3.05) is 13.1 Å². The molecule has 0 aromatic carbocycles. The topological polar surface area (TPSA) is 15.3 Å². The zero-order valence-electron chi connectivity index (χ0n) is 12.6. The molecule has 4 unspecified atom stereocenters. The number of hydrogen-bond donors (Lipinski definition) is 1. The number of rotatable bonds is 2. The van der Waals surface area contributed by atoms with E-state index in [0.717, 1.165) is 24.4 Å². The predicted molar refractivity (Wildman–Crippen MR) is 76.7 cm³/mol. The van der Waals surface area contributed by atoms with Crippen molar-refractivity contribution in [1.82, 2.24) is 10.2 Å². The largest absolute Gasteiger partial charge is 0.308 e. The molecule has 0 aromatic heterocycles. The van der Waals surface area contributed by atoms with E-state index in [1.807, 2.05) is 0 Å². The van der Waals surface area contributed by atoms with Gasteiger partial charge in [0.15, 0.2) is 0 Å². The van der Waals surface area contributed by atoms with Gasteiger partial charge in [-0.25, -0.2) is 0 Å². The highest BCUT2D eigenvalue weighted by Crippen LogP contribution is 2.48. The molecule has 1 N–H and O–H groups in total. The fraction of sp³-hybridized carbons (Fsp3) is 1.00. The molecule has 3 fully saturated rings. The molecule has 0 amide bonds. The Morgan fingerprint density at radius 3 is 2.50 bits per heavy atom. The summed E-state index contributed by atoms with van der Waals surface area (Å²) in [6.07, 6.45) is 7.25. The minimum atomic E-state index is 0.331. The summed E-state index contributed by atoms with van der Waals surface area (Å²) in [5.41, 5.74) is 0.668. The Bertz CT molecular complexity index is 325. The van der Waals surface area contributed by atoms with Gasteiger partial charge in [0.2, 0.25) is 0 Å². The van der Waals surface area contributed by atoms with Crippen LogP contribution in [0.5, 0.6) is 0 Å². The summed E-state index contributed by atoms with van der Waals surface area (Å²) < 4.78 is 0. The fourth-order valence-corrected chi connectivity index (χ4v) is 4.57. The lowest BCUT2D eigenvalue weighted by molar-refractivity contribution is -0.0213. The first-order valence-electron chi connectivity index (χ1n) is 7.95. The van der Waals surface area contributed by atoms with Crippen molar-refractivity contribution in [2.24, 2.45) is 11.8 Å². The van der Waals surface area contributed by atoms with E-state index in [0.29, 0.717) is 11.1 Å². The van der Waals surface area contributed by atoms with E-state index in [1.165, 1.54) is 38.6 Å². The number of fused-ring (bicyclic) bond motifs is 2. The minimum Gasteiger partial charge on any atom is -0.308 e. The average molecular weight is 250 g/mol. The van der Waals surface area contributed by atoms with Crippen LogP contribution in [0.4, 0.5) is 0 Å². The molecule has 1 saturated heterocycles. The third kappa shape index (κ3) is 2.02. The van der Waals surface area contributed by atoms with Crippen molar-refractivity contribution in [3.05, 3.63) is 0 Å². The lowest BCUT2D eigenvalue weighted by atomic mass is 9.83. The molecule has 2 heteroatoms. The first kappa shape index (κ1) is 12.9. The summed E-state index contributed by atoms with van der Waals surface area (Å²) in [6, 6.07) is 0.881. The second kappa shape index (κ2) is 4.21. The van der Waals surface area contributed by atoms with E-state index in [4.69, 9.17) is 0 Å². The molecule has 0 radical (unpaired) electrons. The van der Waals surface area contributed by atoms with Gasteiger partial charge in [-0.3, -0.25) is 4.90 Å². The molecule has 1 aliphatic heterocycles. The van der Waals surface area contributed by atoms with Gasteiger partial charge in [0.05, 0.1) is 0 Å². The Balaban J connectivity index is 1.79. The summed E-state index contributed by atoms with van der Waals surface area (Å²) >= 11 is 0. The number of nitrogens with one attached hydrogen (secondary N) is 1. The van der Waals surface area contributed by atoms with Crippen LogP contribution in [0, 0.1) is 11.8 Å². The van der Waals surface area contributed by atoms with Gasteiger partial charge in [-0.05, 0) is 58.3 Å². The van der Waals surface area contributed by atoms with E-state index in [9.17, 15) is 0 Å². The van der Waals surface area contributed by atoms with Gasteiger partial charge in [0, 0.05) is 30.2 Å². The second-order valence-corrected chi connectivity index (χ2v) is 7.95. The normalized spacial score (nSPS) is 47.7. The minimum absolute atomic E-state index is 0.331. The zero-order valence-corrected chi connectivity index (χ0v) is 12.6. The van der Waals surface area contributed by atoms with Gasteiger partial charge in [0.1, 0.15) is 0 Å². The number of piperazine rings is 1. The number of nitrogens with zero attached hydrogens (tertiary/aromatic N) is 1. The molecular weight excluding hydrogens is 220 g/mol. The Morgan fingerprint density at radius 1 is 1.17 bits per heavy atom. The molecule has 3 aliphatic rings. The molecule has 3 rings (SSSR count). The third-order valence-electron chi connectivity index (χ3n) is 6.13. The molecule has 2 aliphatic carbocycles. The summed E-state index contributed by atoms with van der Waals surface area (Å²) in [7, 11) is 0. The lowest BCUT2D eigenvalue weighted by Crippen LogP contribution is -2.69. The van der Waals surface area contributed by atoms with Crippen molar-refractivity contribution in [2.45, 2.75) is 76.9 Å². The monoisotopic (exact) mass is 250 g/mol. The Hall–Kier alpha value is -0.0800. The zero-order chi connectivity index (χ0) is 13.0. The molecule has 0 spiro atoms. The molecule has 104 valence electrons. The van der Waals surface area contributed by atoms with Gasteiger partial charge < -0.3 is 5.32 Å². The Kier molecular flexibility index (Phi) is 3.02. The second-order valence-electron chi connectivity index (χ2n) is 7.95. The Morgan fingerprint density at radius 2 is 1.94 bits per heavy atom. The van der Waals surface area contributed by atoms with Crippen LogP contribution in [0.3, 0.4) is 0 Å². The van der Waals surface area contributed by atoms with Gasteiger partial charge in [-0.1, -0.05) is 13.3 Å². The van der Waals surface area contributed by atoms with Gasteiger partial charge in [-0.15, -0.1) is 0 Å². The van der Waals surface area contributed by atoms with Crippen LogP contribution in [0.1, 0.15) is 59.8 Å². The smallest absolute Gasteiger partial charge is 0.0281 e. The standard InChI is InChI=1S/C16H30N2/c1-5-16(4)11-18(15(2,3)10-17-16)14-9-12-6-7-13(14)8-12/h12-14,17H,5-11H2,1-4H3. The highest BCUT2D eigenvalue weighted by molar-refractivity contribution is 5.05.